The van der Waals surface area contributed by atoms with E-state index >= 15 is 0 Å². The molecule has 0 saturated carbocycles. The summed E-state index contributed by atoms with van der Waals surface area (Å²) in [6.07, 6.45) is -2.92. The zero-order valence-corrected chi connectivity index (χ0v) is 11.0. The number of hydrogen-bond donors (Lipinski definition) is 0. The van der Waals surface area contributed by atoms with Gasteiger partial charge in [0.05, 0.1) is 0 Å². The van der Waals surface area contributed by atoms with Crippen molar-refractivity contribution in [2.24, 2.45) is 0 Å². The van der Waals surface area contributed by atoms with E-state index in [9.17, 15) is 18.0 Å². The zero-order valence-electron chi connectivity index (χ0n) is 10.2. The van der Waals surface area contributed by atoms with Crippen molar-refractivity contribution in [1.29, 1.82) is 0 Å². The smallest absolute Gasteiger partial charge is 0.327 e. The minimum atomic E-state index is -4.44. The maximum Gasteiger partial charge on any atom is 0.413 e. The number of carbonyl (C=O) groups is 1. The summed E-state index contributed by atoms with van der Waals surface area (Å²) in [6.45, 7) is 0.178. The summed E-state index contributed by atoms with van der Waals surface area (Å²) in [5, 5.41) is 0. The molecule has 1 aromatic carbocycles. The van der Waals surface area contributed by atoms with Gasteiger partial charge in [0.25, 0.3) is 0 Å². The Morgan fingerprint density at radius 3 is 2.26 bits per heavy atom. The Bertz CT molecular complexity index is 422. The van der Waals surface area contributed by atoms with Crippen molar-refractivity contribution in [3.05, 3.63) is 35.9 Å². The van der Waals surface area contributed by atoms with Gasteiger partial charge in [-0.1, -0.05) is 30.3 Å². The highest BCUT2D eigenvalue weighted by atomic mass is 35.5. The minimum absolute atomic E-state index is 0. The largest absolute Gasteiger partial charge is 0.413 e. The fourth-order valence-electron chi connectivity index (χ4n) is 2.28. The van der Waals surface area contributed by atoms with Crippen LogP contribution < -0.4 is 0 Å². The summed E-state index contributed by atoms with van der Waals surface area (Å²) in [5.74, 6) is -0.410. The molecule has 19 heavy (non-hydrogen) atoms. The van der Waals surface area contributed by atoms with E-state index < -0.39 is 18.1 Å². The number of likely N-dealkylation sites (tertiary alicyclic amines) is 1. The molecule has 1 saturated heterocycles. The first-order chi connectivity index (χ1) is 8.50. The van der Waals surface area contributed by atoms with Crippen molar-refractivity contribution in [2.75, 3.05) is 6.54 Å². The van der Waals surface area contributed by atoms with Crippen LogP contribution in [0.5, 0.6) is 0 Å². The average molecular weight is 294 g/mol. The number of benzene rings is 1. The lowest BCUT2D eigenvalue weighted by Gasteiger charge is -2.36. The molecular formula is C13H15ClF3NO. The second-order valence-corrected chi connectivity index (χ2v) is 4.40. The van der Waals surface area contributed by atoms with Gasteiger partial charge in [0.1, 0.15) is 0 Å². The summed E-state index contributed by atoms with van der Waals surface area (Å²) in [6, 6.07) is 5.80. The molecule has 0 N–H and O–H groups in total. The molecule has 2 rings (SSSR count). The first kappa shape index (κ1) is 15.8. The van der Waals surface area contributed by atoms with Crippen LogP contribution in [0, 0.1) is 0 Å². The van der Waals surface area contributed by atoms with Crippen LogP contribution in [0.2, 0.25) is 0 Å². The van der Waals surface area contributed by atoms with Gasteiger partial charge in [-0.05, 0) is 18.4 Å². The highest BCUT2D eigenvalue weighted by Crippen LogP contribution is 2.39. The average Bonchev–Trinajstić information content (AvgIpc) is 2.32. The number of alkyl halides is 3. The van der Waals surface area contributed by atoms with E-state index in [-0.39, 0.29) is 30.9 Å². The number of piperidine rings is 1. The molecule has 0 aromatic heterocycles. The molecule has 1 fully saturated rings. The Hall–Kier alpha value is -1.23. The normalized spacial score (nSPS) is 17.8. The zero-order chi connectivity index (χ0) is 13.2. The van der Waals surface area contributed by atoms with Gasteiger partial charge >= 0.3 is 6.18 Å². The standard InChI is InChI=1S/C13H14F3NO.ClH/c14-13(15,16)12(10-6-2-1-3-7-10)17-9-5-4-8-11(17)18;/h1-3,6-7,12H,4-5,8-9H2;1H. The molecule has 1 amide bonds. The van der Waals surface area contributed by atoms with Crippen molar-refractivity contribution in [2.45, 2.75) is 31.5 Å². The monoisotopic (exact) mass is 293 g/mol. The lowest BCUT2D eigenvalue weighted by molar-refractivity contribution is -0.194. The third kappa shape index (κ3) is 3.62. The third-order valence-electron chi connectivity index (χ3n) is 3.10. The molecule has 0 radical (unpaired) electrons. The maximum absolute atomic E-state index is 13.2. The summed E-state index contributed by atoms with van der Waals surface area (Å²) in [5.41, 5.74) is 0.125. The summed E-state index contributed by atoms with van der Waals surface area (Å²) < 4.78 is 39.5. The van der Waals surface area contributed by atoms with Gasteiger partial charge < -0.3 is 4.90 Å². The third-order valence-corrected chi connectivity index (χ3v) is 3.10. The van der Waals surface area contributed by atoms with E-state index in [1.807, 2.05) is 0 Å². The maximum atomic E-state index is 13.2. The molecule has 2 nitrogen and oxygen atoms in total. The number of nitrogens with zero attached hydrogens (tertiary/aromatic N) is 1. The van der Waals surface area contributed by atoms with Crippen LogP contribution >= 0.6 is 12.4 Å². The Morgan fingerprint density at radius 1 is 1.11 bits per heavy atom. The molecule has 0 aliphatic carbocycles. The van der Waals surface area contributed by atoms with Crippen LogP contribution in [-0.4, -0.2) is 23.5 Å². The SMILES string of the molecule is Cl.O=C1CCCCN1C(c1ccccc1)C(F)(F)F. The number of halogens is 4. The molecule has 106 valence electrons. The predicted octanol–water partition coefficient (Wildman–Crippen LogP) is 3.72. The first-order valence-electron chi connectivity index (χ1n) is 5.91. The quantitative estimate of drug-likeness (QED) is 0.814. The van der Waals surface area contributed by atoms with Gasteiger partial charge in [-0.15, -0.1) is 12.4 Å². The van der Waals surface area contributed by atoms with Crippen molar-refractivity contribution in [1.82, 2.24) is 4.90 Å². The fraction of sp³-hybridized carbons (Fsp3) is 0.462. The summed E-state index contributed by atoms with van der Waals surface area (Å²) >= 11 is 0. The molecule has 6 heteroatoms. The molecular weight excluding hydrogens is 279 g/mol. The highest BCUT2D eigenvalue weighted by Gasteiger charge is 2.46. The van der Waals surface area contributed by atoms with E-state index in [0.29, 0.717) is 12.8 Å². The Labute approximate surface area is 116 Å². The van der Waals surface area contributed by atoms with Gasteiger partial charge in [-0.3, -0.25) is 4.79 Å². The van der Waals surface area contributed by atoms with Crippen molar-refractivity contribution in [3.63, 3.8) is 0 Å². The second-order valence-electron chi connectivity index (χ2n) is 4.40. The highest BCUT2D eigenvalue weighted by molar-refractivity contribution is 5.85. The molecule has 1 heterocycles. The van der Waals surface area contributed by atoms with Gasteiger partial charge in [0.15, 0.2) is 6.04 Å². The van der Waals surface area contributed by atoms with Crippen molar-refractivity contribution in [3.8, 4) is 0 Å². The molecule has 0 bridgehead atoms. The molecule has 1 unspecified atom stereocenters. The van der Waals surface area contributed by atoms with Gasteiger partial charge in [-0.2, -0.15) is 13.2 Å². The molecule has 1 aliphatic heterocycles. The second kappa shape index (κ2) is 6.28. The van der Waals surface area contributed by atoms with E-state index in [1.54, 1.807) is 18.2 Å². The van der Waals surface area contributed by atoms with Crippen molar-refractivity contribution < 1.29 is 18.0 Å². The van der Waals surface area contributed by atoms with Gasteiger partial charge in [0, 0.05) is 13.0 Å². The van der Waals surface area contributed by atoms with Crippen molar-refractivity contribution >= 4 is 18.3 Å². The van der Waals surface area contributed by atoms with Crippen LogP contribution in [0.15, 0.2) is 30.3 Å². The van der Waals surface area contributed by atoms with Gasteiger partial charge in [0.2, 0.25) is 5.91 Å². The van der Waals surface area contributed by atoms with E-state index in [4.69, 9.17) is 0 Å². The number of hydrogen-bond acceptors (Lipinski definition) is 1. The molecule has 1 atom stereocenters. The molecule has 0 spiro atoms. The van der Waals surface area contributed by atoms with E-state index in [1.165, 1.54) is 12.1 Å². The topological polar surface area (TPSA) is 20.3 Å². The predicted molar refractivity (Wildman–Crippen MR) is 68.1 cm³/mol. The van der Waals surface area contributed by atoms with Crippen LogP contribution in [0.1, 0.15) is 30.9 Å². The van der Waals surface area contributed by atoms with Crippen LogP contribution in [0.3, 0.4) is 0 Å². The summed E-state index contributed by atoms with van der Waals surface area (Å²) in [7, 11) is 0. The Morgan fingerprint density at radius 2 is 1.74 bits per heavy atom. The minimum Gasteiger partial charge on any atom is -0.327 e. The lowest BCUT2D eigenvalue weighted by atomic mass is 10.0. The number of rotatable bonds is 2. The van der Waals surface area contributed by atoms with Crippen LogP contribution in [0.4, 0.5) is 13.2 Å². The van der Waals surface area contributed by atoms with Crippen LogP contribution in [-0.2, 0) is 4.79 Å². The Balaban J connectivity index is 0.00000180. The fourth-order valence-corrected chi connectivity index (χ4v) is 2.28. The number of amides is 1. The van der Waals surface area contributed by atoms with Gasteiger partial charge in [-0.25, -0.2) is 0 Å². The van der Waals surface area contributed by atoms with E-state index in [2.05, 4.69) is 0 Å². The van der Waals surface area contributed by atoms with Crippen LogP contribution in [0.25, 0.3) is 0 Å². The Kier molecular flexibility index (Phi) is 5.23. The lowest BCUT2D eigenvalue weighted by Crippen LogP contribution is -2.44. The summed E-state index contributed by atoms with van der Waals surface area (Å²) in [4.78, 5) is 12.6. The number of carbonyl (C=O) groups excluding carboxylic acids is 1. The van der Waals surface area contributed by atoms with E-state index in [0.717, 1.165) is 4.90 Å². The first-order valence-corrected chi connectivity index (χ1v) is 5.91. The molecule has 1 aliphatic rings. The molecule has 1 aromatic rings.